The third kappa shape index (κ3) is 4.54. The van der Waals surface area contributed by atoms with Crippen LogP contribution < -0.4 is 5.32 Å². The van der Waals surface area contributed by atoms with Crippen LogP contribution in [0.25, 0.3) is 0 Å². The van der Waals surface area contributed by atoms with Gasteiger partial charge in [-0.2, -0.15) is 0 Å². The Hall–Kier alpha value is -2.38. The average molecular weight is 322 g/mol. The van der Waals surface area contributed by atoms with Gasteiger partial charge in [0.1, 0.15) is 5.60 Å². The van der Waals surface area contributed by atoms with Gasteiger partial charge in [0.25, 0.3) is 0 Å². The molecule has 2 rings (SSSR count). The van der Waals surface area contributed by atoms with E-state index in [9.17, 15) is 14.9 Å². The van der Waals surface area contributed by atoms with Gasteiger partial charge in [-0.1, -0.05) is 0 Å². The molecule has 0 aromatic carbocycles. The second-order valence-corrected chi connectivity index (χ2v) is 6.48. The highest BCUT2D eigenvalue weighted by Gasteiger charge is 2.32. The molecule has 1 aromatic heterocycles. The number of hydrogen-bond donors (Lipinski definition) is 1. The van der Waals surface area contributed by atoms with E-state index in [0.717, 1.165) is 12.8 Å². The van der Waals surface area contributed by atoms with Crippen LogP contribution in [0.4, 0.5) is 16.3 Å². The molecule has 0 radical (unpaired) electrons. The van der Waals surface area contributed by atoms with E-state index in [2.05, 4.69) is 10.3 Å². The lowest BCUT2D eigenvalue weighted by molar-refractivity contribution is -0.384. The molecule has 1 aliphatic rings. The number of anilines is 1. The number of carbonyl (C=O) groups excluding carboxylic acids is 1. The standard InChI is InChI=1S/C15H22N4O4/c1-15(2,3)23-14(20)18-9-5-6-11(18)10-17-13-12(19(21)22)7-4-8-16-13/h4,7-8,11H,5-6,9-10H2,1-3H3,(H,16,17)/t11-/m1/s1. The predicted molar refractivity (Wildman–Crippen MR) is 85.3 cm³/mol. The minimum Gasteiger partial charge on any atom is -0.444 e. The summed E-state index contributed by atoms with van der Waals surface area (Å²) in [7, 11) is 0. The Kier molecular flexibility index (Phi) is 5.02. The molecular weight excluding hydrogens is 300 g/mol. The molecular formula is C15H22N4O4. The first kappa shape index (κ1) is 17.0. The molecule has 1 atom stereocenters. The van der Waals surface area contributed by atoms with Gasteiger partial charge in [-0.05, 0) is 39.7 Å². The number of nitro groups is 1. The number of carbonyl (C=O) groups is 1. The van der Waals surface area contributed by atoms with Crippen LogP contribution in [0.2, 0.25) is 0 Å². The number of hydrogen-bond acceptors (Lipinski definition) is 6. The Balaban J connectivity index is 2.00. The maximum Gasteiger partial charge on any atom is 0.410 e. The normalized spacial score (nSPS) is 17.9. The molecule has 1 aliphatic heterocycles. The molecule has 1 saturated heterocycles. The van der Waals surface area contributed by atoms with Crippen LogP contribution in [0.5, 0.6) is 0 Å². The van der Waals surface area contributed by atoms with Crippen molar-refractivity contribution in [3.63, 3.8) is 0 Å². The molecule has 126 valence electrons. The lowest BCUT2D eigenvalue weighted by Gasteiger charge is -2.28. The van der Waals surface area contributed by atoms with Crippen molar-refractivity contribution in [1.29, 1.82) is 0 Å². The lowest BCUT2D eigenvalue weighted by atomic mass is 10.2. The first-order valence-electron chi connectivity index (χ1n) is 7.61. The third-order valence-electron chi connectivity index (χ3n) is 3.49. The van der Waals surface area contributed by atoms with Crippen LogP contribution >= 0.6 is 0 Å². The van der Waals surface area contributed by atoms with Crippen molar-refractivity contribution >= 4 is 17.6 Å². The van der Waals surface area contributed by atoms with Gasteiger partial charge < -0.3 is 15.0 Å². The zero-order valence-corrected chi connectivity index (χ0v) is 13.6. The highest BCUT2D eigenvalue weighted by atomic mass is 16.6. The fourth-order valence-electron chi connectivity index (χ4n) is 2.50. The van der Waals surface area contributed by atoms with E-state index in [1.807, 2.05) is 20.8 Å². The predicted octanol–water partition coefficient (Wildman–Crippen LogP) is 2.80. The van der Waals surface area contributed by atoms with Gasteiger partial charge in [-0.15, -0.1) is 0 Å². The van der Waals surface area contributed by atoms with E-state index in [0.29, 0.717) is 13.1 Å². The van der Waals surface area contributed by atoms with Crippen LogP contribution in [-0.4, -0.2) is 45.6 Å². The number of aromatic nitrogens is 1. The molecule has 1 aromatic rings. The second kappa shape index (κ2) is 6.80. The van der Waals surface area contributed by atoms with Crippen molar-refractivity contribution in [3.05, 3.63) is 28.4 Å². The lowest BCUT2D eigenvalue weighted by Crippen LogP contribution is -2.42. The van der Waals surface area contributed by atoms with E-state index in [-0.39, 0.29) is 23.6 Å². The number of rotatable bonds is 4. The minimum atomic E-state index is -0.544. The molecule has 0 aliphatic carbocycles. The topological polar surface area (TPSA) is 97.6 Å². The maximum atomic E-state index is 12.2. The Bertz CT molecular complexity index is 585. The smallest absolute Gasteiger partial charge is 0.410 e. The number of ether oxygens (including phenoxy) is 1. The van der Waals surface area contributed by atoms with Gasteiger partial charge >= 0.3 is 11.8 Å². The van der Waals surface area contributed by atoms with Crippen molar-refractivity contribution in [3.8, 4) is 0 Å². The van der Waals surface area contributed by atoms with Crippen LogP contribution in [-0.2, 0) is 4.74 Å². The molecule has 23 heavy (non-hydrogen) atoms. The summed E-state index contributed by atoms with van der Waals surface area (Å²) in [6.45, 7) is 6.51. The summed E-state index contributed by atoms with van der Waals surface area (Å²) in [6, 6.07) is 2.85. The molecule has 0 saturated carbocycles. The average Bonchev–Trinajstić information content (AvgIpc) is 2.92. The largest absolute Gasteiger partial charge is 0.444 e. The van der Waals surface area contributed by atoms with Crippen molar-refractivity contribution in [2.45, 2.75) is 45.3 Å². The SMILES string of the molecule is CC(C)(C)OC(=O)N1CCC[C@@H]1CNc1ncccc1[N+](=O)[O-]. The van der Waals surface area contributed by atoms with Gasteiger partial charge in [0.05, 0.1) is 11.0 Å². The molecule has 1 fully saturated rings. The zero-order valence-electron chi connectivity index (χ0n) is 13.6. The molecule has 2 heterocycles. The Labute approximate surface area is 135 Å². The van der Waals surface area contributed by atoms with Crippen LogP contribution in [0.3, 0.4) is 0 Å². The van der Waals surface area contributed by atoms with E-state index >= 15 is 0 Å². The number of likely N-dealkylation sites (tertiary alicyclic amines) is 1. The quantitative estimate of drug-likeness (QED) is 0.676. The summed E-state index contributed by atoms with van der Waals surface area (Å²) >= 11 is 0. The molecule has 8 heteroatoms. The summed E-state index contributed by atoms with van der Waals surface area (Å²) in [6.07, 6.45) is 2.86. The Morgan fingerprint density at radius 1 is 1.57 bits per heavy atom. The van der Waals surface area contributed by atoms with Gasteiger partial charge in [0.15, 0.2) is 0 Å². The minimum absolute atomic E-state index is 0.0635. The fourth-order valence-corrected chi connectivity index (χ4v) is 2.50. The van der Waals surface area contributed by atoms with E-state index in [1.54, 1.807) is 4.90 Å². The second-order valence-electron chi connectivity index (χ2n) is 6.48. The highest BCUT2D eigenvalue weighted by molar-refractivity contribution is 5.69. The third-order valence-corrected chi connectivity index (χ3v) is 3.49. The molecule has 8 nitrogen and oxygen atoms in total. The fraction of sp³-hybridized carbons (Fsp3) is 0.600. The van der Waals surface area contributed by atoms with E-state index in [1.165, 1.54) is 18.3 Å². The molecule has 1 amide bonds. The summed E-state index contributed by atoms with van der Waals surface area (Å²) in [5.41, 5.74) is -0.619. The van der Waals surface area contributed by atoms with Crippen LogP contribution in [0, 0.1) is 10.1 Å². The molecule has 1 N–H and O–H groups in total. The zero-order chi connectivity index (χ0) is 17.0. The Morgan fingerprint density at radius 2 is 2.30 bits per heavy atom. The van der Waals surface area contributed by atoms with Crippen LogP contribution in [0.1, 0.15) is 33.6 Å². The van der Waals surface area contributed by atoms with E-state index < -0.39 is 10.5 Å². The van der Waals surface area contributed by atoms with Gasteiger partial charge in [0.2, 0.25) is 5.82 Å². The van der Waals surface area contributed by atoms with Crippen molar-refractivity contribution in [2.75, 3.05) is 18.4 Å². The number of amides is 1. The summed E-state index contributed by atoms with van der Waals surface area (Å²) in [5.74, 6) is 0.216. The van der Waals surface area contributed by atoms with Crippen molar-refractivity contribution in [1.82, 2.24) is 9.88 Å². The van der Waals surface area contributed by atoms with Crippen molar-refractivity contribution in [2.24, 2.45) is 0 Å². The first-order valence-corrected chi connectivity index (χ1v) is 7.61. The monoisotopic (exact) mass is 322 g/mol. The van der Waals surface area contributed by atoms with E-state index in [4.69, 9.17) is 4.74 Å². The first-order chi connectivity index (χ1) is 10.8. The number of nitrogens with zero attached hydrogens (tertiary/aromatic N) is 3. The van der Waals surface area contributed by atoms with Gasteiger partial charge in [0, 0.05) is 25.4 Å². The molecule has 0 bridgehead atoms. The van der Waals surface area contributed by atoms with Crippen molar-refractivity contribution < 1.29 is 14.5 Å². The summed E-state index contributed by atoms with van der Waals surface area (Å²) in [5, 5.41) is 14.0. The maximum absolute atomic E-state index is 12.2. The molecule has 0 unspecified atom stereocenters. The van der Waals surface area contributed by atoms with Crippen LogP contribution in [0.15, 0.2) is 18.3 Å². The van der Waals surface area contributed by atoms with Gasteiger partial charge in [-0.3, -0.25) is 10.1 Å². The Morgan fingerprint density at radius 3 is 2.96 bits per heavy atom. The highest BCUT2D eigenvalue weighted by Crippen LogP contribution is 2.24. The summed E-state index contributed by atoms with van der Waals surface area (Å²) < 4.78 is 5.40. The number of pyridine rings is 1. The number of nitrogens with one attached hydrogen (secondary N) is 1. The summed E-state index contributed by atoms with van der Waals surface area (Å²) in [4.78, 5) is 28.4. The molecule has 0 spiro atoms. The van der Waals surface area contributed by atoms with Gasteiger partial charge in [-0.25, -0.2) is 9.78 Å².